The van der Waals surface area contributed by atoms with Crippen LogP contribution < -0.4 is 4.90 Å². The minimum Gasteiger partial charge on any atom is -0.416 e. The number of likely N-dealkylation sites (N-methyl/N-ethyl adjacent to an activating group) is 1. The Morgan fingerprint density at radius 3 is 2.22 bits per heavy atom. The molecule has 2 aromatic carbocycles. The van der Waals surface area contributed by atoms with Crippen molar-refractivity contribution in [1.29, 1.82) is 10.8 Å². The molecule has 1 aliphatic rings. The molecule has 0 saturated carbocycles. The Morgan fingerprint density at radius 1 is 1.03 bits per heavy atom. The van der Waals surface area contributed by atoms with Crippen LogP contribution in [0, 0.1) is 10.8 Å². The lowest BCUT2D eigenvalue weighted by atomic mass is 10.1. The number of amides is 2. The van der Waals surface area contributed by atoms with Gasteiger partial charge in [0.25, 0.3) is 5.90 Å². The molecule has 194 valence electrons. The predicted molar refractivity (Wildman–Crippen MR) is 132 cm³/mol. The van der Waals surface area contributed by atoms with Crippen molar-refractivity contribution in [3.05, 3.63) is 65.7 Å². The Hall–Kier alpha value is -3.73. The van der Waals surface area contributed by atoms with Gasteiger partial charge in [0, 0.05) is 30.9 Å². The molecule has 1 fully saturated rings. The van der Waals surface area contributed by atoms with Crippen molar-refractivity contribution in [3.8, 4) is 0 Å². The fraction of sp³-hybridized carbons (Fsp3) is 0.360. The minimum absolute atomic E-state index is 0.0980. The summed E-state index contributed by atoms with van der Waals surface area (Å²) >= 11 is 0. The number of hydrogen-bond donors (Lipinski definition) is 2. The summed E-state index contributed by atoms with van der Waals surface area (Å²) < 4.78 is 41.7. The van der Waals surface area contributed by atoms with Gasteiger partial charge in [0.1, 0.15) is 6.29 Å². The standard InChI is InChI=1S/C23H26F3N5O2.C2H4O/c1-29-12-5-13-30(15-14-29)22(32)31(19-6-3-2-4-7-19)16-17-8-10-18(11-9-17)20(27)33-21(28)23(24,25)26;1-2-3/h2-4,6-11,27-28H,5,12-16H2,1H3;2H,1H3. The third-order valence-electron chi connectivity index (χ3n) is 5.31. The molecule has 11 heteroatoms. The first-order valence-electron chi connectivity index (χ1n) is 11.3. The minimum atomic E-state index is -4.95. The molecule has 36 heavy (non-hydrogen) atoms. The summed E-state index contributed by atoms with van der Waals surface area (Å²) in [5, 5.41) is 14.6. The molecule has 2 amide bonds. The number of rotatable bonds is 4. The fourth-order valence-corrected chi connectivity index (χ4v) is 3.45. The third kappa shape index (κ3) is 8.49. The Kier molecular flexibility index (Phi) is 10.6. The van der Waals surface area contributed by atoms with Crippen LogP contribution in [0.5, 0.6) is 0 Å². The number of benzene rings is 2. The van der Waals surface area contributed by atoms with E-state index in [2.05, 4.69) is 9.64 Å². The van der Waals surface area contributed by atoms with Crippen LogP contribution in [0.25, 0.3) is 0 Å². The molecule has 3 rings (SSSR count). The number of urea groups is 1. The normalized spacial score (nSPS) is 14.1. The van der Waals surface area contributed by atoms with E-state index in [1.807, 2.05) is 42.3 Å². The van der Waals surface area contributed by atoms with Gasteiger partial charge >= 0.3 is 12.2 Å². The van der Waals surface area contributed by atoms with Crippen LogP contribution in [0.4, 0.5) is 23.7 Å². The highest BCUT2D eigenvalue weighted by Crippen LogP contribution is 2.21. The van der Waals surface area contributed by atoms with Crippen molar-refractivity contribution >= 4 is 29.8 Å². The second kappa shape index (κ2) is 13.4. The molecule has 1 saturated heterocycles. The zero-order chi connectivity index (χ0) is 26.7. The summed E-state index contributed by atoms with van der Waals surface area (Å²) in [6, 6.07) is 15.3. The molecular weight excluding hydrogens is 475 g/mol. The highest BCUT2D eigenvalue weighted by atomic mass is 19.4. The van der Waals surface area contributed by atoms with Crippen molar-refractivity contribution in [3.63, 3.8) is 0 Å². The van der Waals surface area contributed by atoms with Crippen molar-refractivity contribution in [1.82, 2.24) is 9.80 Å². The van der Waals surface area contributed by atoms with Crippen molar-refractivity contribution in [2.45, 2.75) is 26.1 Å². The highest BCUT2D eigenvalue weighted by molar-refractivity contribution is 6.00. The SMILES string of the molecule is CC=O.CN1CCCN(C(=O)N(Cc2ccc(C(=N)OC(=N)C(F)(F)F)cc2)c2ccccc2)CC1. The maximum absolute atomic E-state index is 13.4. The van der Waals surface area contributed by atoms with Gasteiger partial charge in [-0.1, -0.05) is 30.3 Å². The number of carbonyl (C=O) groups excluding carboxylic acids is 2. The quantitative estimate of drug-likeness (QED) is 0.362. The lowest BCUT2D eigenvalue weighted by Gasteiger charge is -2.30. The number of nitrogens with zero attached hydrogens (tertiary/aromatic N) is 3. The van der Waals surface area contributed by atoms with Gasteiger partial charge in [0.05, 0.1) is 6.54 Å². The van der Waals surface area contributed by atoms with Crippen LogP contribution in [0.3, 0.4) is 0 Å². The Bertz CT molecular complexity index is 1030. The van der Waals surface area contributed by atoms with E-state index in [1.54, 1.807) is 17.0 Å². The van der Waals surface area contributed by atoms with E-state index in [4.69, 9.17) is 15.6 Å². The van der Waals surface area contributed by atoms with Gasteiger partial charge in [-0.25, -0.2) is 4.79 Å². The third-order valence-corrected chi connectivity index (χ3v) is 5.31. The molecule has 2 aromatic rings. The maximum atomic E-state index is 13.4. The number of anilines is 1. The molecule has 0 unspecified atom stereocenters. The van der Waals surface area contributed by atoms with E-state index in [0.717, 1.165) is 37.0 Å². The smallest absolute Gasteiger partial charge is 0.416 e. The number of nitrogens with one attached hydrogen (secondary N) is 2. The molecule has 0 atom stereocenters. The Balaban J connectivity index is 0.00000145. The Labute approximate surface area is 208 Å². The number of alkyl halides is 3. The van der Waals surface area contributed by atoms with E-state index in [1.165, 1.54) is 19.1 Å². The van der Waals surface area contributed by atoms with Crippen LogP contribution >= 0.6 is 0 Å². The summed E-state index contributed by atoms with van der Waals surface area (Å²) in [6.45, 7) is 4.69. The molecule has 1 aliphatic heterocycles. The van der Waals surface area contributed by atoms with Crippen LogP contribution in [0.15, 0.2) is 54.6 Å². The second-order valence-corrected chi connectivity index (χ2v) is 8.04. The van der Waals surface area contributed by atoms with Gasteiger partial charge < -0.3 is 19.3 Å². The van der Waals surface area contributed by atoms with E-state index in [9.17, 15) is 18.0 Å². The van der Waals surface area contributed by atoms with E-state index in [-0.39, 0.29) is 18.1 Å². The monoisotopic (exact) mass is 505 g/mol. The largest absolute Gasteiger partial charge is 0.468 e. The molecule has 0 spiro atoms. The highest BCUT2D eigenvalue weighted by Gasteiger charge is 2.38. The van der Waals surface area contributed by atoms with Crippen LogP contribution in [-0.2, 0) is 16.1 Å². The number of hydrogen-bond acceptors (Lipinski definition) is 6. The molecule has 0 aromatic heterocycles. The molecule has 0 bridgehead atoms. The molecule has 1 heterocycles. The van der Waals surface area contributed by atoms with Crippen LogP contribution in [0.2, 0.25) is 0 Å². The van der Waals surface area contributed by atoms with Crippen LogP contribution in [-0.4, -0.2) is 73.3 Å². The Morgan fingerprint density at radius 2 is 1.64 bits per heavy atom. The van der Waals surface area contributed by atoms with E-state index in [0.29, 0.717) is 13.1 Å². The van der Waals surface area contributed by atoms with Crippen molar-refractivity contribution in [2.24, 2.45) is 0 Å². The topological polar surface area (TPSA) is 101 Å². The average molecular weight is 506 g/mol. The van der Waals surface area contributed by atoms with Crippen molar-refractivity contribution < 1.29 is 27.5 Å². The zero-order valence-corrected chi connectivity index (χ0v) is 20.2. The van der Waals surface area contributed by atoms with E-state index < -0.39 is 18.0 Å². The number of carbonyl (C=O) groups is 2. The number of aldehydes is 1. The number of halogens is 3. The van der Waals surface area contributed by atoms with Gasteiger partial charge in [0.15, 0.2) is 0 Å². The number of para-hydroxylation sites is 1. The second-order valence-electron chi connectivity index (χ2n) is 8.04. The molecule has 0 aliphatic carbocycles. The lowest BCUT2D eigenvalue weighted by Crippen LogP contribution is -2.44. The lowest BCUT2D eigenvalue weighted by molar-refractivity contribution is -0.106. The number of ether oxygens (including phenoxy) is 1. The molecule has 0 radical (unpaired) electrons. The first-order chi connectivity index (χ1) is 17.1. The summed E-state index contributed by atoms with van der Waals surface area (Å²) in [5.74, 6) is -2.71. The van der Waals surface area contributed by atoms with Gasteiger partial charge in [-0.05, 0) is 56.8 Å². The van der Waals surface area contributed by atoms with Gasteiger partial charge in [0.2, 0.25) is 5.90 Å². The van der Waals surface area contributed by atoms with E-state index >= 15 is 0 Å². The fourth-order valence-electron chi connectivity index (χ4n) is 3.45. The predicted octanol–water partition coefficient (Wildman–Crippen LogP) is 4.54. The molecule has 8 nitrogen and oxygen atoms in total. The van der Waals surface area contributed by atoms with Gasteiger partial charge in [-0.3, -0.25) is 15.7 Å². The van der Waals surface area contributed by atoms with Gasteiger partial charge in [-0.2, -0.15) is 13.2 Å². The summed E-state index contributed by atoms with van der Waals surface area (Å²) in [7, 11) is 2.03. The summed E-state index contributed by atoms with van der Waals surface area (Å²) in [5.41, 5.74) is 1.57. The summed E-state index contributed by atoms with van der Waals surface area (Å²) in [6.07, 6.45) is -3.32. The zero-order valence-electron chi connectivity index (χ0n) is 20.2. The first-order valence-corrected chi connectivity index (χ1v) is 11.3. The maximum Gasteiger partial charge on any atom is 0.468 e. The molecular formula is C25H30F3N5O3. The molecule has 2 N–H and O–H groups in total. The van der Waals surface area contributed by atoms with Gasteiger partial charge in [-0.15, -0.1) is 0 Å². The summed E-state index contributed by atoms with van der Waals surface area (Å²) in [4.78, 5) is 27.9. The van der Waals surface area contributed by atoms with Crippen molar-refractivity contribution in [2.75, 3.05) is 38.1 Å². The first kappa shape index (κ1) is 28.5. The average Bonchev–Trinajstić information content (AvgIpc) is 3.07. The van der Waals surface area contributed by atoms with Crippen LogP contribution in [0.1, 0.15) is 24.5 Å².